The number of H-pyrrole nitrogens is 1. The van der Waals surface area contributed by atoms with Crippen molar-refractivity contribution in [2.45, 2.75) is 5.92 Å². The van der Waals surface area contributed by atoms with Gasteiger partial charge in [0.25, 0.3) is 0 Å². The van der Waals surface area contributed by atoms with E-state index in [-0.39, 0.29) is 11.8 Å². The molecule has 0 amide bonds. The lowest BCUT2D eigenvalue weighted by Gasteiger charge is -2.16. The van der Waals surface area contributed by atoms with Crippen LogP contribution in [0.1, 0.15) is 11.5 Å². The number of benzene rings is 1. The molecule has 0 radical (unpaired) electrons. The van der Waals surface area contributed by atoms with Crippen molar-refractivity contribution >= 4 is 22.7 Å². The number of hydrogen-bond donors (Lipinski definition) is 2. The first kappa shape index (κ1) is 15.9. The third-order valence-corrected chi connectivity index (χ3v) is 3.58. The predicted octanol–water partition coefficient (Wildman–Crippen LogP) is 3.17. The first-order valence-corrected chi connectivity index (χ1v) is 7.43. The third kappa shape index (κ3) is 2.81. The Balaban J connectivity index is 1.86. The number of para-hydroxylation sites is 1. The molecule has 0 saturated carbocycles. The summed E-state index contributed by atoms with van der Waals surface area (Å²) in [6.07, 6.45) is 1.99. The molecule has 0 aliphatic carbocycles. The van der Waals surface area contributed by atoms with Gasteiger partial charge in [0, 0.05) is 5.39 Å². The van der Waals surface area contributed by atoms with E-state index in [1.165, 1.54) is 6.33 Å². The van der Waals surface area contributed by atoms with Crippen LogP contribution in [0, 0.1) is 5.82 Å². The fraction of sp³-hybridized carbons (Fsp3) is 0.0625. The minimum Gasteiger partial charge on any atom is -0.309 e. The highest BCUT2D eigenvalue weighted by molar-refractivity contribution is 5.90. The first-order chi connectivity index (χ1) is 12.5. The van der Waals surface area contributed by atoms with Crippen LogP contribution in [0.2, 0.25) is 0 Å². The van der Waals surface area contributed by atoms with Gasteiger partial charge in [-0.05, 0) is 24.3 Å². The minimum atomic E-state index is -3.62. The first-order valence-electron chi connectivity index (χ1n) is 7.43. The molecule has 0 atom stereocenters. The lowest BCUT2D eigenvalue weighted by Crippen LogP contribution is -2.21. The summed E-state index contributed by atoms with van der Waals surface area (Å²) in [5.41, 5.74) is -0.346. The van der Waals surface area contributed by atoms with Crippen molar-refractivity contribution in [3.05, 3.63) is 66.3 Å². The van der Waals surface area contributed by atoms with E-state index >= 15 is 0 Å². The molecule has 26 heavy (non-hydrogen) atoms. The number of alkyl halides is 2. The molecule has 0 aliphatic heterocycles. The van der Waals surface area contributed by atoms with Crippen molar-refractivity contribution in [2.75, 3.05) is 5.32 Å². The highest BCUT2D eigenvalue weighted by Crippen LogP contribution is 2.34. The van der Waals surface area contributed by atoms with Gasteiger partial charge >= 0.3 is 5.92 Å². The Morgan fingerprint density at radius 2 is 1.85 bits per heavy atom. The van der Waals surface area contributed by atoms with Gasteiger partial charge in [-0.15, -0.1) is 0 Å². The number of aromatic amines is 1. The van der Waals surface area contributed by atoms with Crippen molar-refractivity contribution in [1.82, 2.24) is 30.1 Å². The summed E-state index contributed by atoms with van der Waals surface area (Å²) in [6.45, 7) is 0. The second kappa shape index (κ2) is 6.06. The fourth-order valence-corrected chi connectivity index (χ4v) is 2.37. The molecule has 0 spiro atoms. The summed E-state index contributed by atoms with van der Waals surface area (Å²) in [7, 11) is 0. The van der Waals surface area contributed by atoms with Crippen LogP contribution in [0.3, 0.4) is 0 Å². The van der Waals surface area contributed by atoms with Crippen LogP contribution in [-0.4, -0.2) is 30.1 Å². The van der Waals surface area contributed by atoms with Crippen LogP contribution < -0.4 is 5.32 Å². The van der Waals surface area contributed by atoms with Gasteiger partial charge in [0.05, 0.1) is 11.7 Å². The van der Waals surface area contributed by atoms with E-state index < -0.39 is 23.3 Å². The van der Waals surface area contributed by atoms with Crippen molar-refractivity contribution in [3.8, 4) is 0 Å². The maximum absolute atomic E-state index is 14.8. The maximum Gasteiger partial charge on any atom is 0.348 e. The predicted molar refractivity (Wildman–Crippen MR) is 86.4 cm³/mol. The highest BCUT2D eigenvalue weighted by atomic mass is 19.3. The van der Waals surface area contributed by atoms with Crippen LogP contribution in [0.5, 0.6) is 0 Å². The molecule has 0 saturated heterocycles. The summed E-state index contributed by atoms with van der Waals surface area (Å²) in [6, 6.07) is 8.48. The number of nitrogens with zero attached hydrogens (tertiary/aromatic N) is 5. The Labute approximate surface area is 144 Å². The van der Waals surface area contributed by atoms with E-state index in [1.807, 2.05) is 0 Å². The number of hydrogen-bond acceptors (Lipinski definition) is 6. The molecule has 3 heterocycles. The number of rotatable bonds is 4. The van der Waals surface area contributed by atoms with Gasteiger partial charge in [0.15, 0.2) is 0 Å². The monoisotopic (exact) mass is 357 g/mol. The average molecular weight is 357 g/mol. The minimum absolute atomic E-state index is 0.129. The molecule has 3 aromatic heterocycles. The van der Waals surface area contributed by atoms with Crippen molar-refractivity contribution in [1.29, 1.82) is 0 Å². The van der Waals surface area contributed by atoms with Gasteiger partial charge in [-0.3, -0.25) is 4.98 Å². The number of nitrogens with one attached hydrogen (secondary N) is 2. The summed E-state index contributed by atoms with van der Waals surface area (Å²) in [5, 5.41) is 9.59. The molecule has 0 bridgehead atoms. The summed E-state index contributed by atoms with van der Waals surface area (Å²) >= 11 is 0. The zero-order valence-electron chi connectivity index (χ0n) is 13.0. The smallest absolute Gasteiger partial charge is 0.309 e. The van der Waals surface area contributed by atoms with E-state index in [9.17, 15) is 13.2 Å². The number of anilines is 2. The summed E-state index contributed by atoms with van der Waals surface area (Å²) in [5.74, 6) is -4.73. The lowest BCUT2D eigenvalue weighted by molar-refractivity contribution is 0.0285. The number of halogens is 3. The number of aromatic nitrogens is 6. The average Bonchev–Trinajstić information content (AvgIpc) is 3.15. The Bertz CT molecular complexity index is 1050. The molecular formula is C16H10F3N7. The van der Waals surface area contributed by atoms with Crippen LogP contribution in [0.25, 0.3) is 10.9 Å². The third-order valence-electron chi connectivity index (χ3n) is 3.58. The molecule has 0 unspecified atom stereocenters. The van der Waals surface area contributed by atoms with Crippen LogP contribution in [0.4, 0.5) is 24.9 Å². The van der Waals surface area contributed by atoms with E-state index in [2.05, 4.69) is 35.5 Å². The molecule has 0 fully saturated rings. The summed E-state index contributed by atoms with van der Waals surface area (Å²) in [4.78, 5) is 15.3. The second-order valence-corrected chi connectivity index (χ2v) is 5.31. The molecule has 2 N–H and O–H groups in total. The molecule has 10 heteroatoms. The van der Waals surface area contributed by atoms with Crippen LogP contribution in [0.15, 0.2) is 48.9 Å². The van der Waals surface area contributed by atoms with Gasteiger partial charge in [0.2, 0.25) is 11.8 Å². The zero-order chi connectivity index (χ0) is 18.1. The quantitative estimate of drug-likeness (QED) is 0.583. The molecule has 0 aliphatic rings. The largest absolute Gasteiger partial charge is 0.348 e. The highest BCUT2D eigenvalue weighted by Gasteiger charge is 2.40. The van der Waals surface area contributed by atoms with Gasteiger partial charge in [-0.1, -0.05) is 12.1 Å². The van der Waals surface area contributed by atoms with Crippen LogP contribution in [-0.2, 0) is 5.92 Å². The van der Waals surface area contributed by atoms with Gasteiger partial charge in [-0.2, -0.15) is 18.9 Å². The molecule has 1 aromatic carbocycles. The second-order valence-electron chi connectivity index (χ2n) is 5.31. The Kier molecular flexibility index (Phi) is 3.72. The lowest BCUT2D eigenvalue weighted by atomic mass is 10.1. The Morgan fingerprint density at radius 1 is 1.00 bits per heavy atom. The fourth-order valence-electron chi connectivity index (χ4n) is 2.37. The SMILES string of the molecule is Fc1ccc(C(F)(F)c2nc(Nc3ncn[nH]3)c3ccccc3n2)nc1. The normalized spacial score (nSPS) is 11.7. The molecule has 4 rings (SSSR count). The molecular weight excluding hydrogens is 347 g/mol. The van der Waals surface area contributed by atoms with E-state index in [1.54, 1.807) is 24.3 Å². The number of fused-ring (bicyclic) bond motifs is 1. The standard InChI is InChI=1S/C16H10F3N7/c17-9-5-6-12(20-7-9)16(18,19)14-23-11-4-2-1-3-10(11)13(24-14)25-15-21-8-22-26-15/h1-8H,(H2,21,22,23,24,25,26). The topological polar surface area (TPSA) is 92.3 Å². The maximum atomic E-state index is 14.8. The van der Waals surface area contributed by atoms with Crippen LogP contribution >= 0.6 is 0 Å². The molecule has 4 aromatic rings. The number of pyridine rings is 1. The van der Waals surface area contributed by atoms with Crippen molar-refractivity contribution in [3.63, 3.8) is 0 Å². The van der Waals surface area contributed by atoms with E-state index in [4.69, 9.17) is 0 Å². The van der Waals surface area contributed by atoms with E-state index in [0.717, 1.165) is 18.3 Å². The molecule has 130 valence electrons. The Morgan fingerprint density at radius 3 is 2.58 bits per heavy atom. The van der Waals surface area contributed by atoms with Gasteiger partial charge in [-0.25, -0.2) is 19.5 Å². The van der Waals surface area contributed by atoms with Crippen molar-refractivity contribution < 1.29 is 13.2 Å². The van der Waals surface area contributed by atoms with Crippen molar-refractivity contribution in [2.24, 2.45) is 0 Å². The summed E-state index contributed by atoms with van der Waals surface area (Å²) < 4.78 is 42.7. The van der Waals surface area contributed by atoms with Gasteiger partial charge < -0.3 is 5.32 Å². The zero-order valence-corrected chi connectivity index (χ0v) is 13.0. The van der Waals surface area contributed by atoms with Gasteiger partial charge in [0.1, 0.15) is 23.7 Å². The molecule has 7 nitrogen and oxygen atoms in total. The Hall–Kier alpha value is -3.56. The van der Waals surface area contributed by atoms with E-state index in [0.29, 0.717) is 10.9 Å².